The van der Waals surface area contributed by atoms with E-state index in [4.69, 9.17) is 0 Å². The van der Waals surface area contributed by atoms with Crippen molar-refractivity contribution in [2.75, 3.05) is 0 Å². The quantitative estimate of drug-likeness (QED) is 0.645. The van der Waals surface area contributed by atoms with Crippen molar-refractivity contribution in [3.8, 4) is 5.75 Å². The Kier molecular flexibility index (Phi) is 4.53. The maximum atomic E-state index is 9.18. The molecule has 0 atom stereocenters. The largest absolute Gasteiger partial charge is 0.508 e. The monoisotopic (exact) mass is 180 g/mol. The number of phenols is 1. The molecule has 0 bridgehead atoms. The molecular weight excluding hydrogens is 160 g/mol. The third-order valence-electron chi connectivity index (χ3n) is 1.71. The third-order valence-corrected chi connectivity index (χ3v) is 1.71. The van der Waals surface area contributed by atoms with Crippen molar-refractivity contribution < 1.29 is 5.11 Å². The number of hydrogen-bond donors (Lipinski definition) is 1. The molecule has 0 unspecified atom stereocenters. The Morgan fingerprint density at radius 1 is 1.08 bits per heavy atom. The van der Waals surface area contributed by atoms with Gasteiger partial charge >= 0.3 is 0 Å². The SMILES string of the molecule is CC.CC(C)(C)c1cccc(O)c1. The van der Waals surface area contributed by atoms with E-state index >= 15 is 0 Å². The van der Waals surface area contributed by atoms with Gasteiger partial charge in [-0.3, -0.25) is 0 Å². The molecule has 13 heavy (non-hydrogen) atoms. The zero-order valence-corrected chi connectivity index (χ0v) is 9.26. The molecule has 0 radical (unpaired) electrons. The highest BCUT2D eigenvalue weighted by molar-refractivity contribution is 5.31. The van der Waals surface area contributed by atoms with Crippen molar-refractivity contribution in [3.63, 3.8) is 0 Å². The molecule has 1 aromatic carbocycles. The van der Waals surface area contributed by atoms with Crippen molar-refractivity contribution in [1.29, 1.82) is 0 Å². The maximum absolute atomic E-state index is 9.18. The summed E-state index contributed by atoms with van der Waals surface area (Å²) in [5, 5.41) is 9.18. The van der Waals surface area contributed by atoms with Crippen molar-refractivity contribution in [2.45, 2.75) is 40.0 Å². The minimum atomic E-state index is 0.124. The van der Waals surface area contributed by atoms with E-state index in [1.165, 1.54) is 0 Å². The van der Waals surface area contributed by atoms with Crippen LogP contribution < -0.4 is 0 Å². The van der Waals surface area contributed by atoms with E-state index in [2.05, 4.69) is 20.8 Å². The van der Waals surface area contributed by atoms with Gasteiger partial charge in [0.1, 0.15) is 5.75 Å². The van der Waals surface area contributed by atoms with E-state index in [0.717, 1.165) is 5.56 Å². The number of hydrogen-bond acceptors (Lipinski definition) is 1. The molecule has 0 aliphatic carbocycles. The fourth-order valence-corrected chi connectivity index (χ4v) is 0.972. The van der Waals surface area contributed by atoms with Crippen LogP contribution in [0, 0.1) is 0 Å². The van der Waals surface area contributed by atoms with Crippen molar-refractivity contribution in [2.24, 2.45) is 0 Å². The van der Waals surface area contributed by atoms with Crippen LogP contribution in [0.15, 0.2) is 24.3 Å². The smallest absolute Gasteiger partial charge is 0.115 e. The van der Waals surface area contributed by atoms with Gasteiger partial charge in [0.2, 0.25) is 0 Å². The average molecular weight is 180 g/mol. The summed E-state index contributed by atoms with van der Waals surface area (Å²) in [7, 11) is 0. The number of rotatable bonds is 0. The van der Waals surface area contributed by atoms with Crippen LogP contribution in [0.25, 0.3) is 0 Å². The predicted molar refractivity (Wildman–Crippen MR) is 58.2 cm³/mol. The molecule has 0 saturated heterocycles. The van der Waals surface area contributed by atoms with Gasteiger partial charge in [-0.15, -0.1) is 0 Å². The lowest BCUT2D eigenvalue weighted by molar-refractivity contribution is 0.471. The van der Waals surface area contributed by atoms with Gasteiger partial charge in [0.05, 0.1) is 0 Å². The maximum Gasteiger partial charge on any atom is 0.115 e. The van der Waals surface area contributed by atoms with Crippen LogP contribution in [0.3, 0.4) is 0 Å². The predicted octanol–water partition coefficient (Wildman–Crippen LogP) is 3.72. The second-order valence-corrected chi connectivity index (χ2v) is 3.80. The average Bonchev–Trinajstić information content (AvgIpc) is 2.06. The molecule has 1 rings (SSSR count). The van der Waals surface area contributed by atoms with Crippen LogP contribution in [0.1, 0.15) is 40.2 Å². The first-order chi connectivity index (χ1) is 6.00. The highest BCUT2D eigenvalue weighted by Gasteiger charge is 2.12. The van der Waals surface area contributed by atoms with E-state index in [9.17, 15) is 5.11 Å². The fraction of sp³-hybridized carbons (Fsp3) is 0.500. The number of phenolic OH excluding ortho intramolecular Hbond substituents is 1. The first-order valence-electron chi connectivity index (χ1n) is 4.79. The summed E-state index contributed by atoms with van der Waals surface area (Å²) in [6.45, 7) is 10.4. The Hall–Kier alpha value is -0.980. The zero-order chi connectivity index (χ0) is 10.5. The number of benzene rings is 1. The van der Waals surface area contributed by atoms with Crippen LogP contribution in [0.4, 0.5) is 0 Å². The summed E-state index contributed by atoms with van der Waals surface area (Å²) in [6, 6.07) is 7.39. The molecule has 0 spiro atoms. The van der Waals surface area contributed by atoms with Crippen LogP contribution in [-0.2, 0) is 5.41 Å². The summed E-state index contributed by atoms with van der Waals surface area (Å²) in [6.07, 6.45) is 0. The third kappa shape index (κ3) is 3.97. The minimum absolute atomic E-state index is 0.124. The van der Waals surface area contributed by atoms with Crippen LogP contribution in [-0.4, -0.2) is 5.11 Å². The summed E-state index contributed by atoms with van der Waals surface area (Å²) in [4.78, 5) is 0. The molecule has 74 valence electrons. The lowest BCUT2D eigenvalue weighted by Gasteiger charge is -2.18. The molecule has 0 heterocycles. The van der Waals surface area contributed by atoms with E-state index < -0.39 is 0 Å². The van der Waals surface area contributed by atoms with Gasteiger partial charge < -0.3 is 5.11 Å². The Morgan fingerprint density at radius 3 is 1.92 bits per heavy atom. The molecule has 0 amide bonds. The van der Waals surface area contributed by atoms with Crippen molar-refractivity contribution in [1.82, 2.24) is 0 Å². The van der Waals surface area contributed by atoms with Gasteiger partial charge in [0.15, 0.2) is 0 Å². The Labute approximate surface area is 81.4 Å². The number of aromatic hydroxyl groups is 1. The normalized spacial score (nSPS) is 10.2. The van der Waals surface area contributed by atoms with Gasteiger partial charge in [0, 0.05) is 0 Å². The van der Waals surface area contributed by atoms with Gasteiger partial charge in [-0.1, -0.05) is 46.8 Å². The topological polar surface area (TPSA) is 20.2 Å². The standard InChI is InChI=1S/C10H14O.C2H6/c1-10(2,3)8-5-4-6-9(11)7-8;1-2/h4-7,11H,1-3H3;1-2H3. The fourth-order valence-electron chi connectivity index (χ4n) is 0.972. The second kappa shape index (κ2) is 4.90. The molecule has 0 aromatic heterocycles. The minimum Gasteiger partial charge on any atom is -0.508 e. The van der Waals surface area contributed by atoms with E-state index in [0.29, 0.717) is 5.75 Å². The summed E-state index contributed by atoms with van der Waals surface area (Å²) in [5.41, 5.74) is 1.29. The van der Waals surface area contributed by atoms with E-state index in [-0.39, 0.29) is 5.41 Å². The molecule has 0 aliphatic heterocycles. The Bertz CT molecular complexity index is 246. The molecule has 1 N–H and O–H groups in total. The molecule has 1 aromatic rings. The highest BCUT2D eigenvalue weighted by atomic mass is 16.3. The summed E-state index contributed by atoms with van der Waals surface area (Å²) < 4.78 is 0. The van der Waals surface area contributed by atoms with Crippen molar-refractivity contribution >= 4 is 0 Å². The summed E-state index contributed by atoms with van der Waals surface area (Å²) in [5.74, 6) is 0.345. The van der Waals surface area contributed by atoms with Crippen LogP contribution in [0.2, 0.25) is 0 Å². The van der Waals surface area contributed by atoms with E-state index in [1.807, 2.05) is 26.0 Å². The van der Waals surface area contributed by atoms with Gasteiger partial charge in [-0.25, -0.2) is 0 Å². The molecule has 0 aliphatic rings. The Morgan fingerprint density at radius 2 is 1.62 bits per heavy atom. The lowest BCUT2D eigenvalue weighted by Crippen LogP contribution is -2.10. The lowest BCUT2D eigenvalue weighted by atomic mass is 9.87. The molecule has 1 nitrogen and oxygen atoms in total. The second-order valence-electron chi connectivity index (χ2n) is 3.80. The highest BCUT2D eigenvalue weighted by Crippen LogP contribution is 2.24. The molecule has 0 saturated carbocycles. The molecular formula is C12H20O. The van der Waals surface area contributed by atoms with E-state index in [1.54, 1.807) is 12.1 Å². The Balaban J connectivity index is 0.000000671. The molecule has 0 fully saturated rings. The van der Waals surface area contributed by atoms with Crippen LogP contribution in [0.5, 0.6) is 5.75 Å². The van der Waals surface area contributed by atoms with Gasteiger partial charge in [0.25, 0.3) is 0 Å². The molecule has 1 heteroatoms. The van der Waals surface area contributed by atoms with Crippen molar-refractivity contribution in [3.05, 3.63) is 29.8 Å². The van der Waals surface area contributed by atoms with Crippen LogP contribution >= 0.6 is 0 Å². The first-order valence-corrected chi connectivity index (χ1v) is 4.79. The van der Waals surface area contributed by atoms with Gasteiger partial charge in [-0.05, 0) is 23.1 Å². The first kappa shape index (κ1) is 12.0. The summed E-state index contributed by atoms with van der Waals surface area (Å²) >= 11 is 0. The van der Waals surface area contributed by atoms with Gasteiger partial charge in [-0.2, -0.15) is 0 Å². The zero-order valence-electron chi connectivity index (χ0n) is 9.26.